The van der Waals surface area contributed by atoms with E-state index >= 15 is 0 Å². The van der Waals surface area contributed by atoms with Gasteiger partial charge >= 0.3 is 0 Å². The normalized spacial score (nSPS) is 13.8. The van der Waals surface area contributed by atoms with Crippen molar-refractivity contribution in [3.63, 3.8) is 0 Å². The van der Waals surface area contributed by atoms with Gasteiger partial charge in [0.15, 0.2) is 6.10 Å². The third kappa shape index (κ3) is 1.58. The Bertz CT molecular complexity index is 251. The molecule has 1 unspecified atom stereocenters. The molecule has 1 aromatic rings. The van der Waals surface area contributed by atoms with Crippen molar-refractivity contribution in [3.05, 3.63) is 11.9 Å². The number of hydrogen-bond acceptors (Lipinski definition) is 3. The van der Waals surface area contributed by atoms with Crippen LogP contribution >= 0.6 is 0 Å². The molecular weight excluding hydrogens is 168 g/mol. The highest BCUT2D eigenvalue weighted by molar-refractivity contribution is 4.99. The number of hydrogen-bond donors (Lipinski definition) is 1. The molecule has 12 heavy (non-hydrogen) atoms. The summed E-state index contributed by atoms with van der Waals surface area (Å²) < 4.78 is 25.2. The molecule has 1 N–H and O–H groups in total. The fourth-order valence-electron chi connectivity index (χ4n) is 0.870. The van der Waals surface area contributed by atoms with E-state index in [0.717, 1.165) is 6.20 Å². The predicted molar refractivity (Wildman–Crippen MR) is 36.7 cm³/mol. The van der Waals surface area contributed by atoms with Crippen molar-refractivity contribution in [3.8, 4) is 0 Å². The largest absolute Gasteiger partial charge is 0.381 e. The van der Waals surface area contributed by atoms with Crippen LogP contribution in [-0.2, 0) is 6.54 Å². The molecule has 1 atom stereocenters. The van der Waals surface area contributed by atoms with Gasteiger partial charge in [0.25, 0.3) is 6.43 Å². The first-order valence-electron chi connectivity index (χ1n) is 3.51. The average molecular weight is 177 g/mol. The molecule has 1 heterocycles. The number of aryl methyl sites for hydroxylation is 1. The quantitative estimate of drug-likeness (QED) is 0.735. The van der Waals surface area contributed by atoms with Crippen LogP contribution in [0.2, 0.25) is 0 Å². The number of halogens is 2. The Morgan fingerprint density at radius 3 is 2.83 bits per heavy atom. The number of aliphatic hydroxyl groups is 1. The van der Waals surface area contributed by atoms with Crippen LogP contribution in [0.1, 0.15) is 18.7 Å². The predicted octanol–water partition coefficient (Wildman–Crippen LogP) is 0.597. The lowest BCUT2D eigenvalue weighted by Crippen LogP contribution is -2.14. The van der Waals surface area contributed by atoms with Crippen molar-refractivity contribution in [1.82, 2.24) is 15.0 Å². The van der Waals surface area contributed by atoms with Gasteiger partial charge in [-0.1, -0.05) is 5.21 Å². The van der Waals surface area contributed by atoms with Gasteiger partial charge in [0.1, 0.15) is 0 Å². The molecule has 0 bridgehead atoms. The van der Waals surface area contributed by atoms with Gasteiger partial charge in [-0.2, -0.15) is 0 Å². The van der Waals surface area contributed by atoms with E-state index in [4.69, 9.17) is 5.11 Å². The summed E-state index contributed by atoms with van der Waals surface area (Å²) >= 11 is 0. The molecule has 0 amide bonds. The van der Waals surface area contributed by atoms with Gasteiger partial charge in [-0.05, 0) is 6.92 Å². The fraction of sp³-hybridized carbons (Fsp3) is 0.667. The zero-order valence-corrected chi connectivity index (χ0v) is 6.48. The lowest BCUT2D eigenvalue weighted by atomic mass is 10.3. The monoisotopic (exact) mass is 177 g/mol. The first kappa shape index (κ1) is 9.05. The van der Waals surface area contributed by atoms with Crippen LogP contribution in [0, 0.1) is 0 Å². The van der Waals surface area contributed by atoms with Crippen molar-refractivity contribution in [2.75, 3.05) is 0 Å². The van der Waals surface area contributed by atoms with Crippen LogP contribution in [0.15, 0.2) is 6.20 Å². The number of aromatic nitrogens is 3. The molecule has 4 nitrogen and oxygen atoms in total. The Kier molecular flexibility index (Phi) is 2.69. The number of rotatable bonds is 3. The summed E-state index contributed by atoms with van der Waals surface area (Å²) in [5.74, 6) is 0. The van der Waals surface area contributed by atoms with E-state index in [1.165, 1.54) is 4.68 Å². The van der Waals surface area contributed by atoms with Gasteiger partial charge in [-0.3, -0.25) is 0 Å². The third-order valence-corrected chi connectivity index (χ3v) is 1.49. The third-order valence-electron chi connectivity index (χ3n) is 1.49. The van der Waals surface area contributed by atoms with E-state index in [0.29, 0.717) is 6.54 Å². The second kappa shape index (κ2) is 3.57. The SMILES string of the molecule is CCn1nncc1C(O)C(F)F. The maximum absolute atomic E-state index is 12.0. The molecule has 68 valence electrons. The number of nitrogens with zero attached hydrogens (tertiary/aromatic N) is 3. The Hall–Kier alpha value is -1.04. The molecule has 1 rings (SSSR count). The van der Waals surface area contributed by atoms with E-state index in [-0.39, 0.29) is 5.69 Å². The van der Waals surface area contributed by atoms with Crippen molar-refractivity contribution in [2.45, 2.75) is 26.0 Å². The minimum Gasteiger partial charge on any atom is -0.381 e. The highest BCUT2D eigenvalue weighted by Gasteiger charge is 2.22. The van der Waals surface area contributed by atoms with Crippen molar-refractivity contribution >= 4 is 0 Å². The molecule has 0 aromatic carbocycles. The minimum absolute atomic E-state index is 0.0486. The van der Waals surface area contributed by atoms with E-state index in [9.17, 15) is 8.78 Å². The van der Waals surface area contributed by atoms with Crippen molar-refractivity contribution < 1.29 is 13.9 Å². The molecule has 0 fully saturated rings. The highest BCUT2D eigenvalue weighted by Crippen LogP contribution is 2.18. The zero-order chi connectivity index (χ0) is 9.14. The van der Waals surface area contributed by atoms with Crippen molar-refractivity contribution in [2.24, 2.45) is 0 Å². The van der Waals surface area contributed by atoms with Crippen LogP contribution < -0.4 is 0 Å². The summed E-state index contributed by atoms with van der Waals surface area (Å²) in [7, 11) is 0. The van der Waals surface area contributed by atoms with Gasteiger partial charge < -0.3 is 5.11 Å². The molecule has 0 spiro atoms. The number of alkyl halides is 2. The van der Waals surface area contributed by atoms with Crippen LogP contribution in [0.5, 0.6) is 0 Å². The van der Waals surface area contributed by atoms with Gasteiger partial charge in [0.2, 0.25) is 0 Å². The topological polar surface area (TPSA) is 50.9 Å². The summed E-state index contributed by atoms with van der Waals surface area (Å²) in [6.07, 6.45) is -3.45. The molecule has 1 aromatic heterocycles. The molecule has 0 aliphatic rings. The van der Waals surface area contributed by atoms with Crippen LogP contribution in [-0.4, -0.2) is 26.5 Å². The standard InChI is InChI=1S/C6H9F2N3O/c1-2-11-4(3-9-10-11)5(12)6(7)8/h3,5-6,12H,2H2,1H3. The van der Waals surface area contributed by atoms with Crippen molar-refractivity contribution in [1.29, 1.82) is 0 Å². The summed E-state index contributed by atoms with van der Waals surface area (Å²) in [5.41, 5.74) is 0.0486. The molecule has 0 radical (unpaired) electrons. The van der Waals surface area contributed by atoms with Crippen LogP contribution in [0.3, 0.4) is 0 Å². The fourth-order valence-corrected chi connectivity index (χ4v) is 0.870. The van der Waals surface area contributed by atoms with Gasteiger partial charge in [0, 0.05) is 6.54 Å². The van der Waals surface area contributed by atoms with E-state index in [2.05, 4.69) is 10.3 Å². The first-order chi connectivity index (χ1) is 5.66. The second-order valence-electron chi connectivity index (χ2n) is 2.25. The van der Waals surface area contributed by atoms with Crippen LogP contribution in [0.25, 0.3) is 0 Å². The summed E-state index contributed by atoms with van der Waals surface area (Å²) in [6.45, 7) is 2.15. The summed E-state index contributed by atoms with van der Waals surface area (Å²) in [5, 5.41) is 15.9. The lowest BCUT2D eigenvalue weighted by Gasteiger charge is -2.09. The van der Waals surface area contributed by atoms with E-state index < -0.39 is 12.5 Å². The van der Waals surface area contributed by atoms with E-state index in [1.54, 1.807) is 6.92 Å². The van der Waals surface area contributed by atoms with Gasteiger partial charge in [-0.15, -0.1) is 5.10 Å². The molecular formula is C6H9F2N3O. The first-order valence-corrected chi connectivity index (χ1v) is 3.51. The molecule has 0 saturated heterocycles. The smallest absolute Gasteiger partial charge is 0.269 e. The second-order valence-corrected chi connectivity index (χ2v) is 2.25. The van der Waals surface area contributed by atoms with Crippen LogP contribution in [0.4, 0.5) is 8.78 Å². The zero-order valence-electron chi connectivity index (χ0n) is 6.48. The average Bonchev–Trinajstić information content (AvgIpc) is 2.49. The maximum atomic E-state index is 12.0. The highest BCUT2D eigenvalue weighted by atomic mass is 19.3. The Labute approximate surface area is 67.8 Å². The lowest BCUT2D eigenvalue weighted by molar-refractivity contribution is -0.0107. The summed E-state index contributed by atoms with van der Waals surface area (Å²) in [6, 6.07) is 0. The van der Waals surface area contributed by atoms with Gasteiger partial charge in [0.05, 0.1) is 11.9 Å². The molecule has 0 aliphatic heterocycles. The Morgan fingerprint density at radius 1 is 1.67 bits per heavy atom. The molecule has 6 heteroatoms. The Morgan fingerprint density at radius 2 is 2.33 bits per heavy atom. The maximum Gasteiger partial charge on any atom is 0.269 e. The van der Waals surface area contributed by atoms with Gasteiger partial charge in [-0.25, -0.2) is 13.5 Å². The molecule has 0 saturated carbocycles. The minimum atomic E-state index is -2.80. The summed E-state index contributed by atoms with van der Waals surface area (Å²) in [4.78, 5) is 0. The molecule has 0 aliphatic carbocycles. The Balaban J connectivity index is 2.86. The van der Waals surface area contributed by atoms with E-state index in [1.807, 2.05) is 0 Å². The number of aliphatic hydroxyl groups excluding tert-OH is 1.